The average Bonchev–Trinajstić information content (AvgIpc) is 3.10. The van der Waals surface area contributed by atoms with Crippen LogP contribution in [0.15, 0.2) is 88.2 Å². The van der Waals surface area contributed by atoms with Crippen LogP contribution in [0, 0.1) is 0 Å². The van der Waals surface area contributed by atoms with Gasteiger partial charge < -0.3 is 4.74 Å². The largest absolute Gasteiger partial charge is 0.494 e. The number of halogens is 1. The Kier molecular flexibility index (Phi) is 7.82. The molecule has 3 aromatic carbocycles. The first kappa shape index (κ1) is 23.8. The molecule has 8 heteroatoms. The van der Waals surface area contributed by atoms with Crippen LogP contribution in [-0.2, 0) is 11.2 Å². The fourth-order valence-electron chi connectivity index (χ4n) is 3.29. The molecule has 4 rings (SSSR count). The molecular weight excluding hydrogens is 516 g/mol. The van der Waals surface area contributed by atoms with Crippen LogP contribution in [0.25, 0.3) is 6.08 Å². The average molecular weight is 537 g/mol. The number of nitrogens with one attached hydrogen (secondary N) is 1. The summed E-state index contributed by atoms with van der Waals surface area (Å²) in [7, 11) is 0. The molecule has 0 saturated carbocycles. The molecule has 0 unspecified atom stereocenters. The molecule has 0 aliphatic carbocycles. The number of ether oxygens (including phenoxy) is 1. The van der Waals surface area contributed by atoms with E-state index in [-0.39, 0.29) is 4.91 Å². The van der Waals surface area contributed by atoms with Gasteiger partial charge >= 0.3 is 5.24 Å². The lowest BCUT2D eigenvalue weighted by Crippen LogP contribution is -2.44. The molecule has 6 nitrogen and oxygen atoms in total. The molecule has 172 valence electrons. The van der Waals surface area contributed by atoms with Crippen molar-refractivity contribution in [3.05, 3.63) is 105 Å². The minimum absolute atomic E-state index is 0.224. The number of benzene rings is 3. The van der Waals surface area contributed by atoms with Gasteiger partial charge in [-0.2, -0.15) is 5.01 Å². The maximum atomic E-state index is 12.7. The van der Waals surface area contributed by atoms with Gasteiger partial charge in [0.15, 0.2) is 0 Å². The van der Waals surface area contributed by atoms with Crippen LogP contribution in [0.3, 0.4) is 0 Å². The second-order valence-corrected chi connectivity index (χ2v) is 9.38. The minimum Gasteiger partial charge on any atom is -0.494 e. The number of thioether (sulfide) groups is 1. The standard InChI is InChI=1S/C26H21BrN2O4S/c27-21-13-11-20(12-14-21)24(30)28-29-25(31)23(34-26(29)32)17-19-8-4-10-22(16-19)33-15-5-9-18-6-2-1-3-7-18/h1-4,6-8,10-14,16-17H,5,9,15H2,(H,28,30)/b23-17-. The van der Waals surface area contributed by atoms with Gasteiger partial charge in [0.05, 0.1) is 11.5 Å². The number of imide groups is 1. The third-order valence-corrected chi connectivity index (χ3v) is 6.39. The Hall–Kier alpha value is -3.36. The van der Waals surface area contributed by atoms with Crippen LogP contribution in [0.4, 0.5) is 4.79 Å². The Balaban J connectivity index is 1.36. The van der Waals surface area contributed by atoms with Gasteiger partial charge in [-0.25, -0.2) is 0 Å². The van der Waals surface area contributed by atoms with Gasteiger partial charge in [-0.1, -0.05) is 58.4 Å². The summed E-state index contributed by atoms with van der Waals surface area (Å²) in [5.74, 6) is -0.429. The molecule has 0 bridgehead atoms. The highest BCUT2D eigenvalue weighted by Crippen LogP contribution is 2.31. The Bertz CT molecular complexity index is 1230. The predicted octanol–water partition coefficient (Wildman–Crippen LogP) is 5.84. The summed E-state index contributed by atoms with van der Waals surface area (Å²) in [4.78, 5) is 37.7. The van der Waals surface area contributed by atoms with Crippen molar-refractivity contribution in [3.63, 3.8) is 0 Å². The highest BCUT2D eigenvalue weighted by molar-refractivity contribution is 9.10. The molecule has 1 aliphatic rings. The van der Waals surface area contributed by atoms with Crippen LogP contribution in [0.1, 0.15) is 27.9 Å². The lowest BCUT2D eigenvalue weighted by atomic mass is 10.1. The second kappa shape index (κ2) is 11.2. The van der Waals surface area contributed by atoms with Crippen molar-refractivity contribution in [2.75, 3.05) is 6.61 Å². The summed E-state index contributed by atoms with van der Waals surface area (Å²) < 4.78 is 6.67. The number of rotatable bonds is 8. The van der Waals surface area contributed by atoms with E-state index in [2.05, 4.69) is 33.5 Å². The van der Waals surface area contributed by atoms with Gasteiger partial charge in [-0.3, -0.25) is 19.8 Å². The first-order chi connectivity index (χ1) is 16.5. The number of nitrogens with zero attached hydrogens (tertiary/aromatic N) is 1. The molecule has 1 saturated heterocycles. The molecule has 1 heterocycles. The van der Waals surface area contributed by atoms with E-state index in [0.717, 1.165) is 39.6 Å². The maximum Gasteiger partial charge on any atom is 0.312 e. The summed E-state index contributed by atoms with van der Waals surface area (Å²) >= 11 is 4.08. The highest BCUT2D eigenvalue weighted by Gasteiger charge is 2.36. The zero-order valence-corrected chi connectivity index (χ0v) is 20.5. The monoisotopic (exact) mass is 536 g/mol. The van der Waals surface area contributed by atoms with E-state index >= 15 is 0 Å². The Labute approximate surface area is 210 Å². The number of amides is 3. The summed E-state index contributed by atoms with van der Waals surface area (Å²) in [5.41, 5.74) is 4.71. The number of hydrogen-bond acceptors (Lipinski definition) is 5. The van der Waals surface area contributed by atoms with E-state index in [1.165, 1.54) is 5.56 Å². The number of carbonyl (C=O) groups is 3. The Morgan fingerprint density at radius 3 is 2.53 bits per heavy atom. The van der Waals surface area contributed by atoms with E-state index < -0.39 is 17.1 Å². The quantitative estimate of drug-likeness (QED) is 0.289. The molecule has 0 radical (unpaired) electrons. The highest BCUT2D eigenvalue weighted by atomic mass is 79.9. The van der Waals surface area contributed by atoms with E-state index in [1.807, 2.05) is 42.5 Å². The fraction of sp³-hybridized carbons (Fsp3) is 0.115. The second-order valence-electron chi connectivity index (χ2n) is 7.48. The third-order valence-electron chi connectivity index (χ3n) is 4.99. The van der Waals surface area contributed by atoms with Crippen LogP contribution in [0.2, 0.25) is 0 Å². The van der Waals surface area contributed by atoms with Gasteiger partial charge in [0, 0.05) is 10.0 Å². The normalized spacial score (nSPS) is 14.5. The van der Waals surface area contributed by atoms with Crippen LogP contribution >= 0.6 is 27.7 Å². The van der Waals surface area contributed by atoms with Crippen molar-refractivity contribution in [2.45, 2.75) is 12.8 Å². The van der Waals surface area contributed by atoms with Crippen molar-refractivity contribution in [3.8, 4) is 5.75 Å². The Morgan fingerprint density at radius 2 is 1.76 bits per heavy atom. The van der Waals surface area contributed by atoms with Gasteiger partial charge in [0.25, 0.3) is 11.8 Å². The molecule has 3 aromatic rings. The smallest absolute Gasteiger partial charge is 0.312 e. The summed E-state index contributed by atoms with van der Waals surface area (Å²) in [5, 5.41) is 0.181. The zero-order valence-electron chi connectivity index (χ0n) is 18.1. The van der Waals surface area contributed by atoms with Gasteiger partial charge in [0.2, 0.25) is 0 Å². The van der Waals surface area contributed by atoms with Crippen molar-refractivity contribution in [1.29, 1.82) is 0 Å². The lowest BCUT2D eigenvalue weighted by molar-refractivity contribution is -0.124. The molecule has 0 atom stereocenters. The molecule has 1 fully saturated rings. The molecule has 1 N–H and O–H groups in total. The van der Waals surface area contributed by atoms with Gasteiger partial charge in [-0.15, -0.1) is 0 Å². The van der Waals surface area contributed by atoms with E-state index in [1.54, 1.807) is 30.3 Å². The summed E-state index contributed by atoms with van der Waals surface area (Å²) in [6, 6.07) is 24.2. The fourth-order valence-corrected chi connectivity index (χ4v) is 4.33. The van der Waals surface area contributed by atoms with E-state index in [4.69, 9.17) is 4.74 Å². The molecule has 34 heavy (non-hydrogen) atoms. The third kappa shape index (κ3) is 6.15. The molecule has 0 aromatic heterocycles. The molecule has 1 aliphatic heterocycles. The van der Waals surface area contributed by atoms with Crippen molar-refractivity contribution in [2.24, 2.45) is 0 Å². The van der Waals surface area contributed by atoms with Crippen LogP contribution in [-0.4, -0.2) is 28.7 Å². The molecule has 0 spiro atoms. The number of carbonyl (C=O) groups excluding carboxylic acids is 3. The first-order valence-electron chi connectivity index (χ1n) is 10.6. The molecular formula is C26H21BrN2O4S. The van der Waals surface area contributed by atoms with Crippen molar-refractivity contribution < 1.29 is 19.1 Å². The first-order valence-corrected chi connectivity index (χ1v) is 12.2. The number of aryl methyl sites for hydroxylation is 1. The van der Waals surface area contributed by atoms with Gasteiger partial charge in [-0.05, 0) is 78.2 Å². The zero-order chi connectivity index (χ0) is 23.9. The van der Waals surface area contributed by atoms with E-state index in [9.17, 15) is 14.4 Å². The van der Waals surface area contributed by atoms with Crippen molar-refractivity contribution >= 4 is 50.8 Å². The summed E-state index contributed by atoms with van der Waals surface area (Å²) in [6.07, 6.45) is 3.43. The van der Waals surface area contributed by atoms with E-state index in [0.29, 0.717) is 17.9 Å². The van der Waals surface area contributed by atoms with Crippen molar-refractivity contribution in [1.82, 2.24) is 10.4 Å². The predicted molar refractivity (Wildman–Crippen MR) is 136 cm³/mol. The number of hydrazine groups is 1. The maximum absolute atomic E-state index is 12.7. The van der Waals surface area contributed by atoms with Crippen LogP contribution in [0.5, 0.6) is 5.75 Å². The topological polar surface area (TPSA) is 75.7 Å². The minimum atomic E-state index is -0.574. The van der Waals surface area contributed by atoms with Gasteiger partial charge in [0.1, 0.15) is 5.75 Å². The Morgan fingerprint density at radius 1 is 1.00 bits per heavy atom. The number of hydrogen-bond donors (Lipinski definition) is 1. The van der Waals surface area contributed by atoms with Crippen LogP contribution < -0.4 is 10.2 Å². The summed E-state index contributed by atoms with van der Waals surface area (Å²) in [6.45, 7) is 0.566. The SMILES string of the molecule is O=C(NN1C(=O)S/C(=C\c2cccc(OCCCc3ccccc3)c2)C1=O)c1ccc(Br)cc1. The molecule has 3 amide bonds. The lowest BCUT2D eigenvalue weighted by Gasteiger charge is -2.13.